The van der Waals surface area contributed by atoms with E-state index in [1.165, 1.54) is 19.0 Å². The zero-order valence-corrected chi connectivity index (χ0v) is 21.6. The summed E-state index contributed by atoms with van der Waals surface area (Å²) in [6.45, 7) is 3.10. The van der Waals surface area contributed by atoms with E-state index in [4.69, 9.17) is 5.73 Å². The molecule has 1 saturated heterocycles. The summed E-state index contributed by atoms with van der Waals surface area (Å²) in [7, 11) is 2.93. The number of phenolic OH excluding ortho intramolecular Hbond substituents is 1. The number of ketones is 4. The van der Waals surface area contributed by atoms with E-state index >= 15 is 0 Å². The number of hydrogen-bond acceptors (Lipinski definition) is 10. The lowest BCUT2D eigenvalue weighted by Crippen LogP contribution is -2.77. The number of Topliss-reactive ketones (excluding diaryl/α,β-unsaturated/α-hetero) is 4. The molecule has 3 aliphatic carbocycles. The maximum Gasteiger partial charge on any atom is 0.235 e. The fourth-order valence-electron chi connectivity index (χ4n) is 7.37. The number of piperidine rings is 1. The normalized spacial score (nSPS) is 37.1. The molecule has 1 aliphatic heterocycles. The second kappa shape index (κ2) is 8.96. The lowest BCUT2D eigenvalue weighted by Gasteiger charge is -2.56. The molecule has 1 amide bonds. The molecule has 3 unspecified atom stereocenters. The van der Waals surface area contributed by atoms with Crippen LogP contribution in [0.25, 0.3) is 0 Å². The first-order chi connectivity index (χ1) is 17.8. The van der Waals surface area contributed by atoms with E-state index in [0.717, 1.165) is 19.3 Å². The molecule has 1 aromatic carbocycles. The number of nitrogens with two attached hydrogens (primary N) is 1. The molecule has 38 heavy (non-hydrogen) atoms. The average molecular weight is 528 g/mol. The molecule has 8 atom stereocenters. The third kappa shape index (κ3) is 3.34. The van der Waals surface area contributed by atoms with Crippen molar-refractivity contribution in [2.75, 3.05) is 32.1 Å². The van der Waals surface area contributed by atoms with Gasteiger partial charge in [-0.25, -0.2) is 0 Å². The van der Waals surface area contributed by atoms with Gasteiger partial charge in [0.1, 0.15) is 5.75 Å². The summed E-state index contributed by atoms with van der Waals surface area (Å²) in [6, 6.07) is 2.05. The third-order valence-electron chi connectivity index (χ3n) is 9.16. The number of primary amides is 1. The second-order valence-corrected chi connectivity index (χ2v) is 11.3. The molecule has 1 heterocycles. The molecule has 0 radical (unpaired) electrons. The maximum absolute atomic E-state index is 14.0. The molecule has 2 saturated carbocycles. The van der Waals surface area contributed by atoms with Gasteiger partial charge in [-0.1, -0.05) is 13.0 Å². The van der Waals surface area contributed by atoms with Gasteiger partial charge in [0, 0.05) is 19.0 Å². The van der Waals surface area contributed by atoms with E-state index in [1.807, 2.05) is 4.90 Å². The smallest absolute Gasteiger partial charge is 0.235 e. The lowest BCUT2D eigenvalue weighted by atomic mass is 9.49. The Morgan fingerprint density at radius 1 is 1.08 bits per heavy atom. The Kier molecular flexibility index (Phi) is 6.24. The number of rotatable bonds is 3. The minimum absolute atomic E-state index is 0.0700. The fraction of sp³-hybridized carbons (Fsp3) is 0.593. The zero-order chi connectivity index (χ0) is 27.8. The van der Waals surface area contributed by atoms with Crippen LogP contribution in [0.1, 0.15) is 48.0 Å². The quantitative estimate of drug-likeness (QED) is 0.371. The number of anilines is 1. The Hall–Kier alpha value is -3.15. The highest BCUT2D eigenvalue weighted by molar-refractivity contribution is 6.32. The van der Waals surface area contributed by atoms with Gasteiger partial charge in [-0.15, -0.1) is 0 Å². The number of nitrogens with zero attached hydrogens (tertiary/aromatic N) is 2. The van der Waals surface area contributed by atoms with Crippen molar-refractivity contribution in [1.82, 2.24) is 4.90 Å². The highest BCUT2D eigenvalue weighted by Gasteiger charge is 2.72. The number of benzene rings is 1. The van der Waals surface area contributed by atoms with Crippen LogP contribution in [0, 0.1) is 23.7 Å². The Morgan fingerprint density at radius 3 is 2.29 bits per heavy atom. The van der Waals surface area contributed by atoms with E-state index in [-0.39, 0.29) is 11.3 Å². The number of hydrogen-bond donors (Lipinski definition) is 4. The van der Waals surface area contributed by atoms with Gasteiger partial charge in [-0.3, -0.25) is 28.9 Å². The van der Waals surface area contributed by atoms with Crippen molar-refractivity contribution in [2.24, 2.45) is 29.4 Å². The number of amides is 1. The Labute approximate surface area is 219 Å². The van der Waals surface area contributed by atoms with Crippen molar-refractivity contribution < 1.29 is 39.3 Å². The van der Waals surface area contributed by atoms with Gasteiger partial charge in [0.25, 0.3) is 0 Å². The largest absolute Gasteiger partial charge is 0.505 e. The summed E-state index contributed by atoms with van der Waals surface area (Å²) in [6.07, 6.45) is 1.29. The Balaban J connectivity index is 1.67. The summed E-state index contributed by atoms with van der Waals surface area (Å²) in [5.74, 6) is -13.0. The van der Waals surface area contributed by atoms with Crippen molar-refractivity contribution in [3.63, 3.8) is 0 Å². The van der Waals surface area contributed by atoms with E-state index in [9.17, 15) is 39.3 Å². The summed E-state index contributed by atoms with van der Waals surface area (Å²) >= 11 is 0. The number of aliphatic hydroxyl groups excluding tert-OH is 1. The number of phenols is 1. The fourth-order valence-corrected chi connectivity index (χ4v) is 7.37. The minimum Gasteiger partial charge on any atom is -0.505 e. The summed E-state index contributed by atoms with van der Waals surface area (Å²) < 4.78 is 0. The van der Waals surface area contributed by atoms with Gasteiger partial charge in [-0.2, -0.15) is 0 Å². The molecule has 5 rings (SSSR count). The number of likely N-dealkylation sites (N-methyl/N-ethyl adjacent to an activating group) is 1. The molecule has 204 valence electrons. The van der Waals surface area contributed by atoms with Gasteiger partial charge >= 0.3 is 0 Å². The van der Waals surface area contributed by atoms with Crippen LogP contribution in [0.3, 0.4) is 0 Å². The molecule has 3 fully saturated rings. The number of carbonyl (C=O) groups excluding carboxylic acids is 5. The van der Waals surface area contributed by atoms with Crippen molar-refractivity contribution in [3.05, 3.63) is 23.3 Å². The van der Waals surface area contributed by atoms with Crippen LogP contribution in [0.15, 0.2) is 12.1 Å². The first-order valence-electron chi connectivity index (χ1n) is 13.0. The van der Waals surface area contributed by atoms with Crippen molar-refractivity contribution in [3.8, 4) is 5.75 Å². The first-order valence-corrected chi connectivity index (χ1v) is 13.0. The van der Waals surface area contributed by atoms with Gasteiger partial charge in [0.2, 0.25) is 5.91 Å². The predicted molar refractivity (Wildman–Crippen MR) is 134 cm³/mol. The number of aromatic hydroxyl groups is 1. The molecule has 0 bridgehead atoms. The van der Waals surface area contributed by atoms with Crippen LogP contribution in [-0.2, 0) is 19.2 Å². The molecule has 11 nitrogen and oxygen atoms in total. The standard InChI is InChI=1S/C27H33N3O8/c1-11-12-7-8-13(30-9-5-4-6-10-30)20(31)15(12)21(32)16-14(11)22(33)18-19(29(2)3)23(34)17(26(28)37)25(36)27(18,38)24(16)35/h7-8,11,14,16-19,22,31,33,38H,4-6,9-10H2,1-3H3,(H2,28,37)/t11-,14+,16?,17?,18+,19?,22-,27+/m1/s1. The van der Waals surface area contributed by atoms with E-state index in [2.05, 4.69) is 0 Å². The summed E-state index contributed by atoms with van der Waals surface area (Å²) in [5.41, 5.74) is 3.18. The van der Waals surface area contributed by atoms with Crippen LogP contribution in [0.5, 0.6) is 5.75 Å². The van der Waals surface area contributed by atoms with Crippen LogP contribution in [-0.4, -0.2) is 94.2 Å². The number of carbonyl (C=O) groups is 5. The maximum atomic E-state index is 14.0. The monoisotopic (exact) mass is 527 g/mol. The van der Waals surface area contributed by atoms with Crippen LogP contribution < -0.4 is 10.6 Å². The Bertz CT molecular complexity index is 1250. The SMILES string of the molecule is C[C@@H]1c2ccc(N3CCCCC3)c(O)c2C(=O)C2C(=O)[C@]3(O)C(=O)C(C(N)=O)C(=O)C(N(C)C)[C@H]3[C@H](O)[C@H]21. The highest BCUT2D eigenvalue weighted by Crippen LogP contribution is 2.55. The lowest BCUT2D eigenvalue weighted by molar-refractivity contribution is -0.196. The van der Waals surface area contributed by atoms with Crippen LogP contribution >= 0.6 is 0 Å². The zero-order valence-electron chi connectivity index (χ0n) is 21.6. The summed E-state index contributed by atoms with van der Waals surface area (Å²) in [4.78, 5) is 70.0. The third-order valence-corrected chi connectivity index (χ3v) is 9.16. The topological polar surface area (TPSA) is 179 Å². The van der Waals surface area contributed by atoms with Gasteiger partial charge in [0.15, 0.2) is 34.7 Å². The predicted octanol–water partition coefficient (Wildman–Crippen LogP) is -0.611. The molecule has 0 aromatic heterocycles. The highest BCUT2D eigenvalue weighted by atomic mass is 16.3. The molecule has 4 aliphatic rings. The van der Waals surface area contributed by atoms with E-state index < -0.39 is 76.4 Å². The molecule has 11 heteroatoms. The minimum atomic E-state index is -2.99. The van der Waals surface area contributed by atoms with Gasteiger partial charge in [-0.05, 0) is 50.9 Å². The molecular formula is C27H33N3O8. The van der Waals surface area contributed by atoms with Crippen molar-refractivity contribution >= 4 is 34.7 Å². The average Bonchev–Trinajstić information content (AvgIpc) is 2.86. The summed E-state index contributed by atoms with van der Waals surface area (Å²) in [5, 5.41) is 34.6. The Morgan fingerprint density at radius 2 is 1.71 bits per heavy atom. The first kappa shape index (κ1) is 26.5. The van der Waals surface area contributed by atoms with Crippen LogP contribution in [0.2, 0.25) is 0 Å². The second-order valence-electron chi connectivity index (χ2n) is 11.3. The molecular weight excluding hydrogens is 494 g/mol. The van der Waals surface area contributed by atoms with Crippen molar-refractivity contribution in [2.45, 2.75) is 49.9 Å². The van der Waals surface area contributed by atoms with Crippen LogP contribution in [0.4, 0.5) is 5.69 Å². The van der Waals surface area contributed by atoms with E-state index in [0.29, 0.717) is 24.3 Å². The van der Waals surface area contributed by atoms with Gasteiger partial charge in [0.05, 0.1) is 35.2 Å². The van der Waals surface area contributed by atoms with Gasteiger partial charge < -0.3 is 26.0 Å². The molecule has 5 N–H and O–H groups in total. The molecule has 0 spiro atoms. The van der Waals surface area contributed by atoms with Crippen molar-refractivity contribution in [1.29, 1.82) is 0 Å². The number of fused-ring (bicyclic) bond motifs is 3. The molecule has 1 aromatic rings. The number of aliphatic hydroxyl groups is 2. The van der Waals surface area contributed by atoms with E-state index in [1.54, 1.807) is 19.1 Å².